The third-order valence-corrected chi connectivity index (χ3v) is 7.82. The molecule has 4 rings (SSSR count). The molecule has 36 heavy (non-hydrogen) atoms. The number of aliphatic hydroxyl groups is 1. The van der Waals surface area contributed by atoms with E-state index >= 15 is 4.39 Å². The summed E-state index contributed by atoms with van der Waals surface area (Å²) in [7, 11) is -2.31. The number of hydrogen-bond donors (Lipinski definition) is 4. The fraction of sp³-hybridized carbons (Fsp3) is 0.500. The number of carboxylic acid groups (broad SMARTS) is 1. The second-order valence-corrected chi connectivity index (χ2v) is 10.7. The van der Waals surface area contributed by atoms with Crippen LogP contribution in [0, 0.1) is 11.8 Å². The highest BCUT2D eigenvalue weighted by Crippen LogP contribution is 2.45. The van der Waals surface area contributed by atoms with Gasteiger partial charge in [-0.25, -0.2) is 17.8 Å². The summed E-state index contributed by atoms with van der Waals surface area (Å²) in [6.07, 6.45) is 5.87. The van der Waals surface area contributed by atoms with Gasteiger partial charge < -0.3 is 15.5 Å². The number of aliphatic hydroxyl groups excluding tert-OH is 1. The van der Waals surface area contributed by atoms with E-state index in [1.807, 2.05) is 7.05 Å². The number of halogens is 2. The molecule has 9 nitrogen and oxygen atoms in total. The molecular formula is C24H32F2N4O5S. The second kappa shape index (κ2) is 12.4. The van der Waals surface area contributed by atoms with Crippen LogP contribution >= 0.6 is 0 Å². The predicted octanol–water partition coefficient (Wildman–Crippen LogP) is 3.39. The first-order chi connectivity index (χ1) is 17.2. The molecule has 0 aliphatic heterocycles. The Labute approximate surface area is 209 Å². The summed E-state index contributed by atoms with van der Waals surface area (Å²) in [4.78, 5) is 13.5. The summed E-state index contributed by atoms with van der Waals surface area (Å²) in [6.45, 7) is 0.380. The molecule has 0 spiro atoms. The van der Waals surface area contributed by atoms with Crippen LogP contribution in [0.4, 0.5) is 20.3 Å². The number of rotatable bonds is 9. The lowest BCUT2D eigenvalue weighted by Crippen LogP contribution is -2.48. The largest absolute Gasteiger partial charge is 0.483 e. The van der Waals surface area contributed by atoms with Gasteiger partial charge >= 0.3 is 0 Å². The summed E-state index contributed by atoms with van der Waals surface area (Å²) in [5.74, 6) is -1.74. The zero-order valence-electron chi connectivity index (χ0n) is 20.0. The van der Waals surface area contributed by atoms with Crippen LogP contribution in [0.15, 0.2) is 35.2 Å². The summed E-state index contributed by atoms with van der Waals surface area (Å²) in [5, 5.41) is 19.7. The zero-order chi connectivity index (χ0) is 26.3. The van der Waals surface area contributed by atoms with E-state index in [4.69, 9.17) is 9.90 Å². The van der Waals surface area contributed by atoms with Crippen LogP contribution in [0.1, 0.15) is 50.0 Å². The number of benzene rings is 1. The smallest absolute Gasteiger partial charge is 0.290 e. The second-order valence-electron chi connectivity index (χ2n) is 9.01. The minimum absolute atomic E-state index is 0.0708. The maximum Gasteiger partial charge on any atom is 0.290 e. The van der Waals surface area contributed by atoms with Crippen LogP contribution in [0.3, 0.4) is 0 Å². The molecule has 0 amide bonds. The molecule has 2 fully saturated rings. The number of pyridine rings is 1. The van der Waals surface area contributed by atoms with Crippen molar-refractivity contribution in [2.45, 2.75) is 61.4 Å². The summed E-state index contributed by atoms with van der Waals surface area (Å²) in [5.41, 5.74) is 1.39. The molecule has 2 saturated carbocycles. The number of hydrogen-bond acceptors (Lipinski definition) is 7. The van der Waals surface area contributed by atoms with Crippen molar-refractivity contribution < 1.29 is 32.2 Å². The molecule has 1 aromatic heterocycles. The number of aromatic nitrogens is 1. The molecule has 1 aromatic carbocycles. The first-order valence-electron chi connectivity index (χ1n) is 11.8. The maximum absolute atomic E-state index is 15.1. The standard InChI is InChI=1S/C23H30F2N4O3S.CH2O2/c1-29(11-12-30)20-6-3-2-5-18(20)26-19-14-17(24)21(13-16(19)15-9-10-15)33(31,32)28-23-8-4-7-22(25)27-23;2-1-3/h4,7-8,13-15,18,20,26,30H,2-3,5-6,9-12H2,1H3,(H,27,28);1H,(H,2,3)/t18-,20-;/m0./s1. The summed E-state index contributed by atoms with van der Waals surface area (Å²) in [6, 6.07) is 6.66. The molecule has 2 aromatic rings. The molecule has 198 valence electrons. The van der Waals surface area contributed by atoms with Gasteiger partial charge in [0.15, 0.2) is 0 Å². The van der Waals surface area contributed by atoms with Crippen LogP contribution in [0.2, 0.25) is 0 Å². The van der Waals surface area contributed by atoms with Crippen molar-refractivity contribution in [3.8, 4) is 0 Å². The molecule has 4 N–H and O–H groups in total. The Morgan fingerprint density at radius 1 is 1.17 bits per heavy atom. The fourth-order valence-corrected chi connectivity index (χ4v) is 5.72. The van der Waals surface area contributed by atoms with Crippen molar-refractivity contribution >= 4 is 28.0 Å². The van der Waals surface area contributed by atoms with Gasteiger partial charge in [0.2, 0.25) is 5.95 Å². The minimum atomic E-state index is -4.29. The Balaban J connectivity index is 0.00000115. The van der Waals surface area contributed by atoms with Gasteiger partial charge in [0.25, 0.3) is 16.5 Å². The van der Waals surface area contributed by atoms with E-state index in [-0.39, 0.29) is 36.9 Å². The number of anilines is 2. The molecule has 0 bridgehead atoms. The quantitative estimate of drug-likeness (QED) is 0.289. The van der Waals surface area contributed by atoms with Crippen LogP contribution in [0.5, 0.6) is 0 Å². The Hall–Kier alpha value is -2.83. The van der Waals surface area contributed by atoms with Gasteiger partial charge in [0, 0.05) is 24.3 Å². The van der Waals surface area contributed by atoms with Crippen LogP contribution in [-0.2, 0) is 14.8 Å². The normalized spacial score (nSPS) is 19.8. The van der Waals surface area contributed by atoms with Gasteiger partial charge in [0.05, 0.1) is 6.61 Å². The average Bonchev–Trinajstić information content (AvgIpc) is 3.65. The zero-order valence-corrected chi connectivity index (χ0v) is 20.8. The lowest BCUT2D eigenvalue weighted by atomic mass is 9.88. The van der Waals surface area contributed by atoms with Crippen molar-refractivity contribution in [3.05, 3.63) is 47.7 Å². The van der Waals surface area contributed by atoms with Crippen molar-refractivity contribution in [2.75, 3.05) is 30.2 Å². The number of nitrogens with one attached hydrogen (secondary N) is 2. The van der Waals surface area contributed by atoms with Crippen LogP contribution < -0.4 is 10.0 Å². The van der Waals surface area contributed by atoms with Gasteiger partial charge in [0.1, 0.15) is 16.5 Å². The molecule has 2 aliphatic carbocycles. The molecular weight excluding hydrogens is 494 g/mol. The van der Waals surface area contributed by atoms with E-state index in [0.717, 1.165) is 50.2 Å². The third-order valence-electron chi connectivity index (χ3n) is 6.45. The van der Waals surface area contributed by atoms with Gasteiger partial charge in [-0.3, -0.25) is 14.4 Å². The van der Waals surface area contributed by atoms with Crippen LogP contribution in [-0.4, -0.2) is 67.3 Å². The van der Waals surface area contributed by atoms with Crippen molar-refractivity contribution in [1.29, 1.82) is 0 Å². The minimum Gasteiger partial charge on any atom is -0.483 e. The first kappa shape index (κ1) is 27.8. The molecule has 2 atom stereocenters. The molecule has 1 heterocycles. The molecule has 0 radical (unpaired) electrons. The topological polar surface area (TPSA) is 132 Å². The Kier molecular flexibility index (Phi) is 9.57. The average molecular weight is 527 g/mol. The molecule has 2 aliphatic rings. The predicted molar refractivity (Wildman–Crippen MR) is 131 cm³/mol. The Morgan fingerprint density at radius 2 is 1.86 bits per heavy atom. The highest BCUT2D eigenvalue weighted by Gasteiger charge is 2.33. The number of carbonyl (C=O) groups is 1. The lowest BCUT2D eigenvalue weighted by molar-refractivity contribution is -0.122. The first-order valence-corrected chi connectivity index (χ1v) is 13.3. The van der Waals surface area contributed by atoms with Crippen molar-refractivity contribution in [1.82, 2.24) is 9.88 Å². The van der Waals surface area contributed by atoms with E-state index < -0.39 is 26.7 Å². The van der Waals surface area contributed by atoms with Crippen LogP contribution in [0.25, 0.3) is 0 Å². The fourth-order valence-electron chi connectivity index (χ4n) is 4.62. The summed E-state index contributed by atoms with van der Waals surface area (Å²) >= 11 is 0. The molecule has 12 heteroatoms. The highest BCUT2D eigenvalue weighted by atomic mass is 32.2. The van der Waals surface area contributed by atoms with Gasteiger partial charge in [-0.05, 0) is 68.5 Å². The summed E-state index contributed by atoms with van der Waals surface area (Å²) < 4.78 is 56.4. The van der Waals surface area contributed by atoms with Crippen molar-refractivity contribution in [2.24, 2.45) is 0 Å². The maximum atomic E-state index is 15.1. The SMILES string of the molecule is CN(CCO)[C@H]1CCCC[C@@H]1Nc1cc(F)c(S(=O)(=O)Nc2cccc(F)n2)cc1C1CC1.O=CO. The van der Waals surface area contributed by atoms with Gasteiger partial charge in [-0.2, -0.15) is 4.39 Å². The Morgan fingerprint density at radius 3 is 2.50 bits per heavy atom. The van der Waals surface area contributed by atoms with E-state index in [0.29, 0.717) is 12.2 Å². The van der Waals surface area contributed by atoms with Gasteiger partial charge in [-0.15, -0.1) is 0 Å². The third kappa shape index (κ3) is 7.11. The molecule has 0 unspecified atom stereocenters. The van der Waals surface area contributed by atoms with Gasteiger partial charge in [-0.1, -0.05) is 18.9 Å². The highest BCUT2D eigenvalue weighted by molar-refractivity contribution is 7.92. The van der Waals surface area contributed by atoms with E-state index in [1.54, 1.807) is 0 Å². The number of likely N-dealkylation sites (N-methyl/N-ethyl adjacent to an activating group) is 1. The lowest BCUT2D eigenvalue weighted by Gasteiger charge is -2.39. The molecule has 0 saturated heterocycles. The van der Waals surface area contributed by atoms with E-state index in [1.165, 1.54) is 24.3 Å². The monoisotopic (exact) mass is 526 g/mol. The van der Waals surface area contributed by atoms with E-state index in [9.17, 15) is 17.9 Å². The van der Waals surface area contributed by atoms with E-state index in [2.05, 4.69) is 19.9 Å². The number of nitrogens with zero attached hydrogens (tertiary/aromatic N) is 2. The number of sulfonamides is 1. The van der Waals surface area contributed by atoms with Crippen molar-refractivity contribution in [3.63, 3.8) is 0 Å². The Bertz CT molecular complexity index is 1150.